The second-order valence-electron chi connectivity index (χ2n) is 4.77. The number of carbonyl (C=O) groups excluding carboxylic acids is 1. The second kappa shape index (κ2) is 6.28. The molecule has 1 aromatic heterocycles. The van der Waals surface area contributed by atoms with Crippen molar-refractivity contribution in [2.75, 3.05) is 6.61 Å². The standard InChI is InChI=1S/C16H19NO3/c1-11-6-4-5-7-15(11)19-10-16(18)17-9-14-8-12(2)20-13(14)3/h4-8H,9-10H2,1-3H3,(H,17,18). The molecule has 0 radical (unpaired) electrons. The number of carbonyl (C=O) groups is 1. The van der Waals surface area contributed by atoms with Gasteiger partial charge in [-0.05, 0) is 38.5 Å². The Kier molecular flexibility index (Phi) is 4.45. The summed E-state index contributed by atoms with van der Waals surface area (Å²) in [6, 6.07) is 9.55. The third-order valence-corrected chi connectivity index (χ3v) is 3.07. The van der Waals surface area contributed by atoms with E-state index >= 15 is 0 Å². The first-order valence-corrected chi connectivity index (χ1v) is 6.57. The van der Waals surface area contributed by atoms with Crippen molar-refractivity contribution >= 4 is 5.91 Å². The Bertz CT molecular complexity index is 602. The molecule has 0 atom stereocenters. The fraction of sp³-hybridized carbons (Fsp3) is 0.312. The van der Waals surface area contributed by atoms with Gasteiger partial charge in [-0.2, -0.15) is 0 Å². The largest absolute Gasteiger partial charge is 0.484 e. The summed E-state index contributed by atoms with van der Waals surface area (Å²) in [6.07, 6.45) is 0. The van der Waals surface area contributed by atoms with E-state index in [1.54, 1.807) is 0 Å². The third-order valence-electron chi connectivity index (χ3n) is 3.07. The average Bonchev–Trinajstić information content (AvgIpc) is 2.74. The Labute approximate surface area is 118 Å². The maximum Gasteiger partial charge on any atom is 0.258 e. The van der Waals surface area contributed by atoms with Crippen LogP contribution in [0.4, 0.5) is 0 Å². The van der Waals surface area contributed by atoms with Crippen LogP contribution < -0.4 is 10.1 Å². The van der Waals surface area contributed by atoms with Crippen LogP contribution in [0.25, 0.3) is 0 Å². The molecule has 0 spiro atoms. The molecule has 1 aromatic carbocycles. The number of furan rings is 1. The van der Waals surface area contributed by atoms with Crippen molar-refractivity contribution in [3.63, 3.8) is 0 Å². The smallest absolute Gasteiger partial charge is 0.258 e. The highest BCUT2D eigenvalue weighted by Gasteiger charge is 2.08. The fourth-order valence-electron chi connectivity index (χ4n) is 1.97. The predicted octanol–water partition coefficient (Wildman–Crippen LogP) is 2.90. The van der Waals surface area contributed by atoms with E-state index in [2.05, 4.69) is 5.32 Å². The number of para-hydroxylation sites is 1. The van der Waals surface area contributed by atoms with Crippen LogP contribution in [0.1, 0.15) is 22.6 Å². The van der Waals surface area contributed by atoms with E-state index in [4.69, 9.17) is 9.15 Å². The summed E-state index contributed by atoms with van der Waals surface area (Å²) < 4.78 is 10.9. The van der Waals surface area contributed by atoms with Gasteiger partial charge in [0.15, 0.2) is 6.61 Å². The molecule has 1 heterocycles. The van der Waals surface area contributed by atoms with E-state index in [0.717, 1.165) is 28.4 Å². The lowest BCUT2D eigenvalue weighted by Gasteiger charge is -2.09. The zero-order valence-corrected chi connectivity index (χ0v) is 12.0. The lowest BCUT2D eigenvalue weighted by Crippen LogP contribution is -2.28. The van der Waals surface area contributed by atoms with Gasteiger partial charge in [0.1, 0.15) is 17.3 Å². The van der Waals surface area contributed by atoms with Gasteiger partial charge in [-0.25, -0.2) is 0 Å². The summed E-state index contributed by atoms with van der Waals surface area (Å²) in [6.45, 7) is 6.20. The van der Waals surface area contributed by atoms with Gasteiger partial charge >= 0.3 is 0 Å². The molecule has 0 fully saturated rings. The fourth-order valence-corrected chi connectivity index (χ4v) is 1.97. The lowest BCUT2D eigenvalue weighted by atomic mass is 10.2. The van der Waals surface area contributed by atoms with Crippen molar-refractivity contribution in [1.29, 1.82) is 0 Å². The highest BCUT2D eigenvalue weighted by molar-refractivity contribution is 5.77. The molecular weight excluding hydrogens is 254 g/mol. The number of aryl methyl sites for hydroxylation is 3. The Balaban J connectivity index is 1.82. The number of rotatable bonds is 5. The van der Waals surface area contributed by atoms with E-state index in [1.807, 2.05) is 51.1 Å². The van der Waals surface area contributed by atoms with E-state index in [1.165, 1.54) is 0 Å². The second-order valence-corrected chi connectivity index (χ2v) is 4.77. The predicted molar refractivity (Wildman–Crippen MR) is 76.7 cm³/mol. The number of amides is 1. The van der Waals surface area contributed by atoms with E-state index in [-0.39, 0.29) is 12.5 Å². The molecule has 4 nitrogen and oxygen atoms in total. The summed E-state index contributed by atoms with van der Waals surface area (Å²) in [5.41, 5.74) is 2.01. The number of hydrogen-bond acceptors (Lipinski definition) is 3. The molecule has 1 amide bonds. The van der Waals surface area contributed by atoms with Crippen LogP contribution in [0, 0.1) is 20.8 Å². The van der Waals surface area contributed by atoms with Crippen LogP contribution in [0.2, 0.25) is 0 Å². The molecule has 0 aliphatic heterocycles. The number of benzene rings is 1. The molecule has 4 heteroatoms. The SMILES string of the molecule is Cc1cc(CNC(=O)COc2ccccc2C)c(C)o1. The van der Waals surface area contributed by atoms with Crippen LogP contribution in [-0.2, 0) is 11.3 Å². The molecule has 2 aromatic rings. The number of ether oxygens (including phenoxy) is 1. The number of hydrogen-bond donors (Lipinski definition) is 1. The minimum Gasteiger partial charge on any atom is -0.484 e. The summed E-state index contributed by atoms with van der Waals surface area (Å²) in [5, 5.41) is 2.82. The highest BCUT2D eigenvalue weighted by Crippen LogP contribution is 2.16. The Morgan fingerprint density at radius 1 is 1.25 bits per heavy atom. The molecule has 2 rings (SSSR count). The lowest BCUT2D eigenvalue weighted by molar-refractivity contribution is -0.123. The van der Waals surface area contributed by atoms with Gasteiger partial charge < -0.3 is 14.5 Å². The van der Waals surface area contributed by atoms with Crippen molar-refractivity contribution < 1.29 is 13.9 Å². The van der Waals surface area contributed by atoms with E-state index in [0.29, 0.717) is 6.54 Å². The molecule has 0 bridgehead atoms. The molecule has 20 heavy (non-hydrogen) atoms. The van der Waals surface area contributed by atoms with Gasteiger partial charge in [0, 0.05) is 12.1 Å². The van der Waals surface area contributed by atoms with Crippen LogP contribution in [0.3, 0.4) is 0 Å². The van der Waals surface area contributed by atoms with Crippen molar-refractivity contribution in [3.8, 4) is 5.75 Å². The molecule has 0 unspecified atom stereocenters. The number of nitrogens with one attached hydrogen (secondary N) is 1. The third kappa shape index (κ3) is 3.63. The Hall–Kier alpha value is -2.23. The van der Waals surface area contributed by atoms with Crippen molar-refractivity contribution in [1.82, 2.24) is 5.32 Å². The molecule has 0 saturated carbocycles. The van der Waals surface area contributed by atoms with Crippen molar-refractivity contribution in [3.05, 3.63) is 53.0 Å². The van der Waals surface area contributed by atoms with Gasteiger partial charge in [0.25, 0.3) is 5.91 Å². The highest BCUT2D eigenvalue weighted by atomic mass is 16.5. The normalized spacial score (nSPS) is 10.3. The van der Waals surface area contributed by atoms with Crippen LogP contribution in [0.5, 0.6) is 5.75 Å². The minimum atomic E-state index is -0.147. The summed E-state index contributed by atoms with van der Waals surface area (Å²) in [7, 11) is 0. The zero-order chi connectivity index (χ0) is 14.5. The van der Waals surface area contributed by atoms with Crippen molar-refractivity contribution in [2.45, 2.75) is 27.3 Å². The Morgan fingerprint density at radius 2 is 2.00 bits per heavy atom. The monoisotopic (exact) mass is 273 g/mol. The molecule has 0 aliphatic rings. The van der Waals surface area contributed by atoms with Gasteiger partial charge in [-0.1, -0.05) is 18.2 Å². The average molecular weight is 273 g/mol. The Morgan fingerprint density at radius 3 is 2.65 bits per heavy atom. The quantitative estimate of drug-likeness (QED) is 0.911. The summed E-state index contributed by atoms with van der Waals surface area (Å²) in [4.78, 5) is 11.8. The van der Waals surface area contributed by atoms with Gasteiger partial charge in [-0.3, -0.25) is 4.79 Å². The topological polar surface area (TPSA) is 51.5 Å². The molecular formula is C16H19NO3. The van der Waals surface area contributed by atoms with Gasteiger partial charge in [0.05, 0.1) is 0 Å². The zero-order valence-electron chi connectivity index (χ0n) is 12.0. The van der Waals surface area contributed by atoms with E-state index in [9.17, 15) is 4.79 Å². The molecule has 0 saturated heterocycles. The van der Waals surface area contributed by atoms with E-state index < -0.39 is 0 Å². The molecule has 1 N–H and O–H groups in total. The van der Waals surface area contributed by atoms with Crippen LogP contribution >= 0.6 is 0 Å². The maximum atomic E-state index is 11.8. The molecule has 106 valence electrons. The maximum absolute atomic E-state index is 11.8. The first-order valence-electron chi connectivity index (χ1n) is 6.57. The first-order chi connectivity index (χ1) is 9.56. The first kappa shape index (κ1) is 14.2. The van der Waals surface area contributed by atoms with Crippen molar-refractivity contribution in [2.24, 2.45) is 0 Å². The van der Waals surface area contributed by atoms with Gasteiger partial charge in [-0.15, -0.1) is 0 Å². The summed E-state index contributed by atoms with van der Waals surface area (Å²) in [5.74, 6) is 2.27. The molecule has 0 aliphatic carbocycles. The van der Waals surface area contributed by atoms with Gasteiger partial charge in [0.2, 0.25) is 0 Å². The van der Waals surface area contributed by atoms with Crippen LogP contribution in [0.15, 0.2) is 34.7 Å². The summed E-state index contributed by atoms with van der Waals surface area (Å²) >= 11 is 0. The minimum absolute atomic E-state index is 0.0146. The van der Waals surface area contributed by atoms with Crippen LogP contribution in [-0.4, -0.2) is 12.5 Å².